The number of thiophene rings is 1. The Morgan fingerprint density at radius 1 is 1.14 bits per heavy atom. The molecule has 0 bridgehead atoms. The third-order valence-corrected chi connectivity index (χ3v) is 6.41. The van der Waals surface area contributed by atoms with E-state index >= 15 is 0 Å². The van der Waals surface area contributed by atoms with Crippen LogP contribution in [0.2, 0.25) is 5.02 Å². The molecular formula is C21H21ClN2O4S. The van der Waals surface area contributed by atoms with E-state index in [-0.39, 0.29) is 11.3 Å². The van der Waals surface area contributed by atoms with Gasteiger partial charge in [-0.3, -0.25) is 14.5 Å². The van der Waals surface area contributed by atoms with E-state index in [2.05, 4.69) is 4.90 Å². The second-order valence-corrected chi connectivity index (χ2v) is 8.38. The average molecular weight is 433 g/mol. The number of benzene rings is 1. The molecule has 1 N–H and O–H groups in total. The molecule has 2 aliphatic heterocycles. The van der Waals surface area contributed by atoms with Crippen molar-refractivity contribution in [3.8, 4) is 0 Å². The molecular weight excluding hydrogens is 412 g/mol. The maximum atomic E-state index is 12.9. The number of carbonyl (C=O) groups is 2. The second-order valence-electron chi connectivity index (χ2n) is 6.97. The average Bonchev–Trinajstić information content (AvgIpc) is 3.35. The van der Waals surface area contributed by atoms with Crippen molar-refractivity contribution in [3.63, 3.8) is 0 Å². The summed E-state index contributed by atoms with van der Waals surface area (Å²) >= 11 is 7.40. The Bertz CT molecular complexity index is 921. The Kier molecular flexibility index (Phi) is 6.01. The first-order valence-corrected chi connectivity index (χ1v) is 10.7. The van der Waals surface area contributed by atoms with Crippen LogP contribution in [0.5, 0.6) is 0 Å². The number of hydrogen-bond donors (Lipinski definition) is 1. The number of amides is 1. The van der Waals surface area contributed by atoms with E-state index in [1.54, 1.807) is 29.2 Å². The standard InChI is InChI=1S/C21H21ClN2O4S/c22-15-5-3-14(4-6-15)19(25)17-18(16-2-1-13-29-16)24(21(27)20(17)26)8-7-23-9-11-28-12-10-23/h1-6,13,18,25H,7-12H2/t18-/m1/s1. The van der Waals surface area contributed by atoms with Gasteiger partial charge in [-0.05, 0) is 35.7 Å². The number of ketones is 1. The maximum absolute atomic E-state index is 12.9. The number of nitrogens with zero attached hydrogens (tertiary/aromatic N) is 2. The van der Waals surface area contributed by atoms with Crippen LogP contribution in [0.1, 0.15) is 16.5 Å². The van der Waals surface area contributed by atoms with Crippen LogP contribution in [0, 0.1) is 0 Å². The van der Waals surface area contributed by atoms with Gasteiger partial charge in [0.25, 0.3) is 11.7 Å². The van der Waals surface area contributed by atoms with Crippen molar-refractivity contribution in [2.24, 2.45) is 0 Å². The summed E-state index contributed by atoms with van der Waals surface area (Å²) in [5.41, 5.74) is 0.587. The minimum absolute atomic E-state index is 0.127. The number of rotatable bonds is 5. The molecule has 0 spiro atoms. The van der Waals surface area contributed by atoms with Crippen LogP contribution in [0.3, 0.4) is 0 Å². The number of carbonyl (C=O) groups excluding carboxylic acids is 2. The third kappa shape index (κ3) is 4.09. The van der Waals surface area contributed by atoms with E-state index in [0.29, 0.717) is 36.9 Å². The quantitative estimate of drug-likeness (QED) is 0.446. The molecule has 1 atom stereocenters. The minimum atomic E-state index is -0.655. The molecule has 8 heteroatoms. The topological polar surface area (TPSA) is 70.1 Å². The summed E-state index contributed by atoms with van der Waals surface area (Å²) in [4.78, 5) is 30.4. The van der Waals surface area contributed by atoms with Gasteiger partial charge in [-0.25, -0.2) is 0 Å². The lowest BCUT2D eigenvalue weighted by Crippen LogP contribution is -2.42. The van der Waals surface area contributed by atoms with Crippen molar-refractivity contribution in [2.45, 2.75) is 6.04 Å². The summed E-state index contributed by atoms with van der Waals surface area (Å²) < 4.78 is 5.37. The van der Waals surface area contributed by atoms with Crippen LogP contribution in [-0.4, -0.2) is 66.0 Å². The zero-order valence-corrected chi connectivity index (χ0v) is 17.3. The van der Waals surface area contributed by atoms with Crippen LogP contribution in [-0.2, 0) is 14.3 Å². The molecule has 0 aliphatic carbocycles. The van der Waals surface area contributed by atoms with Crippen molar-refractivity contribution < 1.29 is 19.4 Å². The number of likely N-dealkylation sites (tertiary alicyclic amines) is 1. The Morgan fingerprint density at radius 2 is 1.86 bits per heavy atom. The summed E-state index contributed by atoms with van der Waals surface area (Å²) in [5.74, 6) is -1.41. The van der Waals surface area contributed by atoms with Gasteiger partial charge in [0.1, 0.15) is 5.76 Å². The number of hydrogen-bond acceptors (Lipinski definition) is 6. The van der Waals surface area contributed by atoms with Crippen LogP contribution in [0.25, 0.3) is 5.76 Å². The first-order valence-electron chi connectivity index (χ1n) is 9.44. The van der Waals surface area contributed by atoms with E-state index in [4.69, 9.17) is 16.3 Å². The number of aliphatic hydroxyl groups excluding tert-OH is 1. The van der Waals surface area contributed by atoms with E-state index in [0.717, 1.165) is 18.0 Å². The fourth-order valence-corrected chi connectivity index (χ4v) is 4.66. The molecule has 4 rings (SSSR count). The molecule has 2 fully saturated rings. The summed E-state index contributed by atoms with van der Waals surface area (Å²) in [6.07, 6.45) is 0. The molecule has 3 heterocycles. The Hall–Kier alpha value is -2.19. The highest BCUT2D eigenvalue weighted by Gasteiger charge is 2.46. The molecule has 1 aromatic carbocycles. The Morgan fingerprint density at radius 3 is 2.52 bits per heavy atom. The van der Waals surface area contributed by atoms with Crippen LogP contribution in [0.15, 0.2) is 47.4 Å². The number of Topliss-reactive ketones (excluding diaryl/α,β-unsaturated/α-hetero) is 1. The monoisotopic (exact) mass is 432 g/mol. The van der Waals surface area contributed by atoms with Gasteiger partial charge in [-0.2, -0.15) is 0 Å². The van der Waals surface area contributed by atoms with Crippen molar-refractivity contribution in [3.05, 3.63) is 62.8 Å². The summed E-state index contributed by atoms with van der Waals surface area (Å²) in [6, 6.07) is 9.75. The molecule has 0 saturated carbocycles. The molecule has 0 radical (unpaired) electrons. The predicted molar refractivity (Wildman–Crippen MR) is 112 cm³/mol. The first-order chi connectivity index (χ1) is 14.1. The zero-order chi connectivity index (χ0) is 20.4. The number of morpholine rings is 1. The summed E-state index contributed by atoms with van der Waals surface area (Å²) in [6.45, 7) is 4.01. The van der Waals surface area contributed by atoms with E-state index in [9.17, 15) is 14.7 Å². The fraction of sp³-hybridized carbons (Fsp3) is 0.333. The lowest BCUT2D eigenvalue weighted by atomic mass is 10.00. The van der Waals surface area contributed by atoms with Crippen LogP contribution < -0.4 is 0 Å². The molecule has 6 nitrogen and oxygen atoms in total. The van der Waals surface area contributed by atoms with Gasteiger partial charge < -0.3 is 14.7 Å². The van der Waals surface area contributed by atoms with Gasteiger partial charge in [0, 0.05) is 41.6 Å². The van der Waals surface area contributed by atoms with Gasteiger partial charge in [0.15, 0.2) is 0 Å². The molecule has 2 aromatic rings. The SMILES string of the molecule is O=C1C(=O)N(CCN2CCOCC2)[C@H](c2cccs2)C1=C(O)c1ccc(Cl)cc1. The smallest absolute Gasteiger partial charge is 0.295 e. The van der Waals surface area contributed by atoms with Gasteiger partial charge in [-0.15, -0.1) is 11.3 Å². The molecule has 0 unspecified atom stereocenters. The minimum Gasteiger partial charge on any atom is -0.507 e. The van der Waals surface area contributed by atoms with Crippen LogP contribution in [0.4, 0.5) is 0 Å². The first kappa shape index (κ1) is 20.1. The Balaban J connectivity index is 1.68. The van der Waals surface area contributed by atoms with Crippen LogP contribution >= 0.6 is 22.9 Å². The zero-order valence-electron chi connectivity index (χ0n) is 15.7. The molecule has 2 aliphatic rings. The summed E-state index contributed by atoms with van der Waals surface area (Å²) in [7, 11) is 0. The molecule has 2 saturated heterocycles. The highest BCUT2D eigenvalue weighted by atomic mass is 35.5. The summed E-state index contributed by atoms with van der Waals surface area (Å²) in [5, 5.41) is 13.4. The molecule has 1 aromatic heterocycles. The van der Waals surface area contributed by atoms with E-state index in [1.807, 2.05) is 17.5 Å². The maximum Gasteiger partial charge on any atom is 0.295 e. The van der Waals surface area contributed by atoms with Crippen molar-refractivity contribution in [2.75, 3.05) is 39.4 Å². The highest BCUT2D eigenvalue weighted by molar-refractivity contribution is 7.10. The largest absolute Gasteiger partial charge is 0.507 e. The fourth-order valence-electron chi connectivity index (χ4n) is 3.69. The van der Waals surface area contributed by atoms with E-state index < -0.39 is 17.7 Å². The lowest BCUT2D eigenvalue weighted by Gasteiger charge is -2.30. The van der Waals surface area contributed by atoms with Gasteiger partial charge >= 0.3 is 0 Å². The van der Waals surface area contributed by atoms with Gasteiger partial charge in [-0.1, -0.05) is 17.7 Å². The number of aliphatic hydroxyl groups is 1. The number of halogens is 1. The lowest BCUT2D eigenvalue weighted by molar-refractivity contribution is -0.140. The molecule has 29 heavy (non-hydrogen) atoms. The number of ether oxygens (including phenoxy) is 1. The normalized spacial score (nSPS) is 22.4. The van der Waals surface area contributed by atoms with Gasteiger partial charge in [0.05, 0.1) is 24.8 Å². The van der Waals surface area contributed by atoms with Crippen molar-refractivity contribution in [1.82, 2.24) is 9.80 Å². The van der Waals surface area contributed by atoms with E-state index in [1.165, 1.54) is 11.3 Å². The van der Waals surface area contributed by atoms with Crippen molar-refractivity contribution in [1.29, 1.82) is 0 Å². The third-order valence-electron chi connectivity index (χ3n) is 5.23. The second kappa shape index (κ2) is 8.67. The van der Waals surface area contributed by atoms with Gasteiger partial charge in [0.2, 0.25) is 0 Å². The van der Waals surface area contributed by atoms with Crippen molar-refractivity contribution >= 4 is 40.4 Å². The Labute approximate surface area is 177 Å². The predicted octanol–water partition coefficient (Wildman–Crippen LogP) is 3.16. The molecule has 152 valence electrons. The highest BCUT2D eigenvalue weighted by Crippen LogP contribution is 2.41. The molecule has 1 amide bonds.